The van der Waals surface area contributed by atoms with E-state index in [0.717, 1.165) is 0 Å². The van der Waals surface area contributed by atoms with Gasteiger partial charge in [0.15, 0.2) is 5.82 Å². The third kappa shape index (κ3) is 3.53. The van der Waals surface area contributed by atoms with Crippen molar-refractivity contribution in [1.29, 1.82) is 0 Å². The molecule has 1 aliphatic heterocycles. The Balaban J connectivity index is 1.90. The van der Waals surface area contributed by atoms with Crippen LogP contribution in [-0.2, 0) is 9.53 Å². The molecule has 2 heterocycles. The van der Waals surface area contributed by atoms with Gasteiger partial charge in [0.2, 0.25) is 5.91 Å². The molecule has 3 aromatic rings. The third-order valence-electron chi connectivity index (χ3n) is 4.77. The molecule has 1 aromatic heterocycles. The van der Waals surface area contributed by atoms with Gasteiger partial charge in [-0.25, -0.2) is 13.9 Å². The molecule has 2 amide bonds. The lowest BCUT2D eigenvalue weighted by atomic mass is 10.2. The lowest BCUT2D eigenvalue weighted by Crippen LogP contribution is -2.25. The maximum atomic E-state index is 13.4. The van der Waals surface area contributed by atoms with Crippen LogP contribution in [0, 0.1) is 5.82 Å². The molecule has 29 heavy (non-hydrogen) atoms. The van der Waals surface area contributed by atoms with Crippen molar-refractivity contribution in [2.45, 2.75) is 12.2 Å². The summed E-state index contributed by atoms with van der Waals surface area (Å²) in [7, 11) is 0. The molecule has 1 saturated heterocycles. The molecule has 0 saturated carbocycles. The Morgan fingerprint density at radius 3 is 2.69 bits per heavy atom. The average molecular weight is 414 g/mol. The Hall–Kier alpha value is -3.07. The zero-order valence-corrected chi connectivity index (χ0v) is 16.7. The summed E-state index contributed by atoms with van der Waals surface area (Å²) in [6.07, 6.45) is 1.41. The Labute approximate surface area is 170 Å². The number of benzene rings is 2. The van der Waals surface area contributed by atoms with Crippen molar-refractivity contribution in [2.75, 3.05) is 29.6 Å². The largest absolute Gasteiger partial charge is 0.447 e. The van der Waals surface area contributed by atoms with Crippen LogP contribution < -0.4 is 10.2 Å². The lowest BCUT2D eigenvalue weighted by molar-refractivity contribution is -0.115. The smallest absolute Gasteiger partial charge is 0.414 e. The van der Waals surface area contributed by atoms with Crippen molar-refractivity contribution in [3.05, 3.63) is 48.3 Å². The summed E-state index contributed by atoms with van der Waals surface area (Å²) in [6, 6.07) is 11.3. The van der Waals surface area contributed by atoms with Gasteiger partial charge in [0, 0.05) is 0 Å². The molecular formula is C20H19FN4O3S. The van der Waals surface area contributed by atoms with E-state index in [2.05, 4.69) is 10.4 Å². The van der Waals surface area contributed by atoms with Gasteiger partial charge in [-0.3, -0.25) is 9.69 Å². The van der Waals surface area contributed by atoms with Crippen LogP contribution >= 0.6 is 11.8 Å². The number of hydrogen-bond donors (Lipinski definition) is 1. The monoisotopic (exact) mass is 414 g/mol. The first-order valence-corrected chi connectivity index (χ1v) is 10.3. The van der Waals surface area contributed by atoms with Gasteiger partial charge >= 0.3 is 6.09 Å². The summed E-state index contributed by atoms with van der Waals surface area (Å²) in [6.45, 7) is 2.51. The lowest BCUT2D eigenvalue weighted by Gasteiger charge is -2.15. The van der Waals surface area contributed by atoms with E-state index in [1.54, 1.807) is 35.9 Å². The summed E-state index contributed by atoms with van der Waals surface area (Å²) >= 11 is 1.42. The molecule has 0 unspecified atom stereocenters. The van der Waals surface area contributed by atoms with Gasteiger partial charge in [0.25, 0.3) is 0 Å². The summed E-state index contributed by atoms with van der Waals surface area (Å²) < 4.78 is 20.1. The Bertz CT molecular complexity index is 1080. The number of amides is 2. The molecule has 2 aromatic carbocycles. The third-order valence-corrected chi connectivity index (χ3v) is 5.69. The highest BCUT2D eigenvalue weighted by molar-refractivity contribution is 7.99. The molecule has 0 bridgehead atoms. The molecule has 1 atom stereocenters. The van der Waals surface area contributed by atoms with Crippen LogP contribution in [0.4, 0.5) is 20.7 Å². The minimum Gasteiger partial charge on any atom is -0.447 e. The number of hydrogen-bond acceptors (Lipinski definition) is 5. The van der Waals surface area contributed by atoms with Gasteiger partial charge in [-0.15, -0.1) is 5.10 Å². The highest BCUT2D eigenvalue weighted by Gasteiger charge is 2.28. The second-order valence-electron chi connectivity index (χ2n) is 6.54. The number of cyclic esters (lactones) is 1. The van der Waals surface area contributed by atoms with Gasteiger partial charge in [-0.2, -0.15) is 11.8 Å². The number of thioether (sulfide) groups is 1. The molecule has 4 rings (SSSR count). The first-order chi connectivity index (χ1) is 14.0. The van der Waals surface area contributed by atoms with E-state index in [0.29, 0.717) is 41.2 Å². The van der Waals surface area contributed by atoms with Gasteiger partial charge in [0.1, 0.15) is 12.4 Å². The van der Waals surface area contributed by atoms with Crippen LogP contribution in [0.25, 0.3) is 16.6 Å². The molecule has 9 heteroatoms. The van der Waals surface area contributed by atoms with Crippen LogP contribution in [0.3, 0.4) is 0 Å². The van der Waals surface area contributed by atoms with Crippen molar-refractivity contribution >= 4 is 46.2 Å². The molecule has 150 valence electrons. The summed E-state index contributed by atoms with van der Waals surface area (Å²) in [5, 5.41) is 7.80. The number of halogens is 1. The van der Waals surface area contributed by atoms with E-state index < -0.39 is 6.09 Å². The number of fused-ring (bicyclic) bond motifs is 1. The van der Waals surface area contributed by atoms with Gasteiger partial charge in [-0.05, 0) is 49.6 Å². The number of carbonyl (C=O) groups is 2. The quantitative estimate of drug-likeness (QED) is 0.687. The van der Waals surface area contributed by atoms with Crippen LogP contribution in [-0.4, -0.2) is 46.4 Å². The fourth-order valence-corrected chi connectivity index (χ4v) is 3.45. The molecule has 1 fully saturated rings. The van der Waals surface area contributed by atoms with E-state index >= 15 is 0 Å². The maximum Gasteiger partial charge on any atom is 0.414 e. The van der Waals surface area contributed by atoms with E-state index in [9.17, 15) is 14.0 Å². The second-order valence-corrected chi connectivity index (χ2v) is 7.72. The minimum absolute atomic E-state index is 0.193. The van der Waals surface area contributed by atoms with Crippen LogP contribution in [0.15, 0.2) is 42.5 Å². The van der Waals surface area contributed by atoms with Crippen molar-refractivity contribution in [3.8, 4) is 5.69 Å². The van der Waals surface area contributed by atoms with Crippen LogP contribution in [0.2, 0.25) is 0 Å². The van der Waals surface area contributed by atoms with E-state index in [4.69, 9.17) is 4.74 Å². The SMILES string of the molecule is CS[C@H](C)C(=O)Nc1nn(-c2ccc(F)cc2)c2cccc(N3CCOC3=O)c12. The predicted octanol–water partition coefficient (Wildman–Crippen LogP) is 3.81. The second kappa shape index (κ2) is 7.75. The highest BCUT2D eigenvalue weighted by atomic mass is 32.2. The Morgan fingerprint density at radius 1 is 1.28 bits per heavy atom. The first-order valence-electron chi connectivity index (χ1n) is 9.05. The number of ether oxygens (including phenoxy) is 1. The standard InChI is InChI=1S/C20H19FN4O3S/c1-12(29-2)19(26)22-18-17-15(24-10-11-28-20(24)27)4-3-5-16(17)25(23-18)14-8-6-13(21)7-9-14/h3-9,12H,10-11H2,1-2H3,(H,22,23,26)/t12-/m1/s1. The zero-order valence-electron chi connectivity index (χ0n) is 15.9. The van der Waals surface area contributed by atoms with E-state index in [1.165, 1.54) is 28.8 Å². The molecule has 0 spiro atoms. The molecule has 0 radical (unpaired) electrons. The molecule has 1 aliphatic rings. The molecule has 0 aliphatic carbocycles. The maximum absolute atomic E-state index is 13.4. The fraction of sp³-hybridized carbons (Fsp3) is 0.250. The number of nitrogens with one attached hydrogen (secondary N) is 1. The number of carbonyl (C=O) groups excluding carboxylic acids is 2. The number of aromatic nitrogens is 2. The van der Waals surface area contributed by atoms with Crippen molar-refractivity contribution in [1.82, 2.24) is 9.78 Å². The summed E-state index contributed by atoms with van der Waals surface area (Å²) in [5.41, 5.74) is 1.92. The van der Waals surface area contributed by atoms with Crippen molar-refractivity contribution < 1.29 is 18.7 Å². The van der Waals surface area contributed by atoms with Gasteiger partial charge in [0.05, 0.1) is 34.1 Å². The van der Waals surface area contributed by atoms with E-state index in [1.807, 2.05) is 12.3 Å². The topological polar surface area (TPSA) is 76.5 Å². The average Bonchev–Trinajstić information content (AvgIpc) is 3.31. The van der Waals surface area contributed by atoms with Crippen LogP contribution in [0.5, 0.6) is 0 Å². The van der Waals surface area contributed by atoms with Gasteiger partial charge < -0.3 is 10.1 Å². The number of anilines is 2. The summed E-state index contributed by atoms with van der Waals surface area (Å²) in [5.74, 6) is -0.208. The van der Waals surface area contributed by atoms with Crippen molar-refractivity contribution in [3.63, 3.8) is 0 Å². The Kier molecular flexibility index (Phi) is 5.14. The zero-order chi connectivity index (χ0) is 20.5. The summed E-state index contributed by atoms with van der Waals surface area (Å²) in [4.78, 5) is 26.2. The van der Waals surface area contributed by atoms with Gasteiger partial charge in [-0.1, -0.05) is 6.07 Å². The molecular weight excluding hydrogens is 395 g/mol. The highest BCUT2D eigenvalue weighted by Crippen LogP contribution is 2.36. The predicted molar refractivity (Wildman–Crippen MR) is 111 cm³/mol. The first kappa shape index (κ1) is 19.3. The molecule has 1 N–H and O–H groups in total. The molecule has 7 nitrogen and oxygen atoms in total. The van der Waals surface area contributed by atoms with Crippen molar-refractivity contribution in [2.24, 2.45) is 0 Å². The van der Waals surface area contributed by atoms with Crippen LogP contribution in [0.1, 0.15) is 6.92 Å². The normalized spacial score (nSPS) is 14.9. The minimum atomic E-state index is -0.443. The fourth-order valence-electron chi connectivity index (χ4n) is 3.18. The number of nitrogens with zero attached hydrogens (tertiary/aromatic N) is 3. The van der Waals surface area contributed by atoms with E-state index in [-0.39, 0.29) is 17.0 Å². The Morgan fingerprint density at radius 2 is 2.03 bits per heavy atom. The number of rotatable bonds is 5.